The molecule has 0 bridgehead atoms. The van der Waals surface area contributed by atoms with Gasteiger partial charge in [-0.1, -0.05) is 18.1 Å². The van der Waals surface area contributed by atoms with E-state index in [-0.39, 0.29) is 6.04 Å². The molecule has 0 aliphatic heterocycles. The van der Waals surface area contributed by atoms with Crippen LogP contribution < -0.4 is 15.9 Å². The molecule has 1 aromatic rings. The molecular weight excluding hydrogens is 370 g/mol. The van der Waals surface area contributed by atoms with Crippen molar-refractivity contribution < 1.29 is 18.9 Å². The quantitative estimate of drug-likeness (QED) is 0.409. The highest BCUT2D eigenvalue weighted by Crippen LogP contribution is 2.12. The summed E-state index contributed by atoms with van der Waals surface area (Å²) in [7, 11) is 3.29. The number of anilines is 1. The van der Waals surface area contributed by atoms with Crippen LogP contribution in [-0.4, -0.2) is 69.9 Å². The van der Waals surface area contributed by atoms with Gasteiger partial charge >= 0.3 is 0 Å². The lowest BCUT2D eigenvalue weighted by Crippen LogP contribution is -2.35. The first-order valence-electron chi connectivity index (χ1n) is 9.54. The third kappa shape index (κ3) is 8.18. The van der Waals surface area contributed by atoms with Gasteiger partial charge in [0.15, 0.2) is 0 Å². The minimum absolute atomic E-state index is 0.0633. The summed E-state index contributed by atoms with van der Waals surface area (Å²) in [4.78, 5) is 8.84. The summed E-state index contributed by atoms with van der Waals surface area (Å²) in [5, 5.41) is 5.10. The number of rotatable bonds is 12. The number of ether oxygens (including phenoxy) is 4. The molecule has 156 valence electrons. The summed E-state index contributed by atoms with van der Waals surface area (Å²) >= 11 is 0. The molecule has 0 aromatic carbocycles. The van der Waals surface area contributed by atoms with Gasteiger partial charge in [0.1, 0.15) is 12.1 Å². The van der Waals surface area contributed by atoms with Gasteiger partial charge in [-0.15, -0.1) is 6.42 Å². The van der Waals surface area contributed by atoms with E-state index in [1.807, 2.05) is 24.3 Å². The fraction of sp³-hybridized carbons (Fsp3) is 0.455. The monoisotopic (exact) mass is 399 g/mol. The van der Waals surface area contributed by atoms with Crippen LogP contribution in [0.4, 0.5) is 5.82 Å². The molecule has 0 saturated carbocycles. The van der Waals surface area contributed by atoms with Crippen molar-refractivity contribution in [2.24, 2.45) is 0 Å². The Morgan fingerprint density at radius 1 is 1.10 bits per heavy atom. The Hall–Kier alpha value is -2.50. The zero-order valence-electron chi connectivity index (χ0n) is 17.1. The van der Waals surface area contributed by atoms with Gasteiger partial charge in [0.05, 0.1) is 51.0 Å². The van der Waals surface area contributed by atoms with Crippen LogP contribution in [0, 0.1) is 12.3 Å². The third-order valence-electron chi connectivity index (χ3n) is 4.14. The van der Waals surface area contributed by atoms with Crippen molar-refractivity contribution in [1.29, 1.82) is 0 Å². The van der Waals surface area contributed by atoms with Gasteiger partial charge in [0.25, 0.3) is 0 Å². The maximum Gasteiger partial charge on any atom is 0.137 e. The molecule has 2 rings (SSSR count). The lowest BCUT2D eigenvalue weighted by Gasteiger charge is -2.17. The molecule has 1 aliphatic carbocycles. The maximum absolute atomic E-state index is 5.59. The van der Waals surface area contributed by atoms with Gasteiger partial charge < -0.3 is 24.3 Å². The molecule has 0 fully saturated rings. The Labute approximate surface area is 172 Å². The summed E-state index contributed by atoms with van der Waals surface area (Å²) in [5.74, 6) is 3.40. The number of hydrogen-bond acceptors (Lipinski definition) is 7. The van der Waals surface area contributed by atoms with Crippen LogP contribution in [0.3, 0.4) is 0 Å². The second kappa shape index (κ2) is 13.6. The van der Waals surface area contributed by atoms with Gasteiger partial charge in [0.2, 0.25) is 0 Å². The lowest BCUT2D eigenvalue weighted by atomic mass is 10.0. The van der Waals surface area contributed by atoms with Crippen LogP contribution in [0.1, 0.15) is 6.42 Å². The zero-order chi connectivity index (χ0) is 20.7. The Balaban J connectivity index is 2.22. The van der Waals surface area contributed by atoms with Crippen LogP contribution in [-0.2, 0) is 18.9 Å². The van der Waals surface area contributed by atoms with Gasteiger partial charge in [-0.25, -0.2) is 9.97 Å². The molecule has 7 heteroatoms. The van der Waals surface area contributed by atoms with Crippen molar-refractivity contribution in [3.8, 4) is 12.3 Å². The van der Waals surface area contributed by atoms with E-state index in [0.29, 0.717) is 39.6 Å². The van der Waals surface area contributed by atoms with E-state index < -0.39 is 0 Å². The Morgan fingerprint density at radius 3 is 2.52 bits per heavy atom. The van der Waals surface area contributed by atoms with E-state index in [4.69, 9.17) is 25.4 Å². The average molecular weight is 399 g/mol. The molecule has 0 spiro atoms. The lowest BCUT2D eigenvalue weighted by molar-refractivity contribution is 0.0888. The first kappa shape index (κ1) is 22.8. The van der Waals surface area contributed by atoms with Crippen molar-refractivity contribution in [3.05, 3.63) is 40.7 Å². The van der Waals surface area contributed by atoms with Crippen LogP contribution in [0.2, 0.25) is 0 Å². The van der Waals surface area contributed by atoms with Crippen LogP contribution in [0.15, 0.2) is 30.1 Å². The number of aromatic nitrogens is 2. The number of hydrogen-bond donors (Lipinski definition) is 1. The molecule has 29 heavy (non-hydrogen) atoms. The van der Waals surface area contributed by atoms with Gasteiger partial charge in [-0.3, -0.25) is 0 Å². The zero-order valence-corrected chi connectivity index (χ0v) is 17.1. The minimum Gasteiger partial charge on any atom is -0.382 e. The van der Waals surface area contributed by atoms with Crippen molar-refractivity contribution >= 4 is 18.0 Å². The summed E-state index contributed by atoms with van der Waals surface area (Å²) in [6, 6.07) is 0.0633. The molecule has 1 unspecified atom stereocenters. The molecule has 7 nitrogen and oxygen atoms in total. The fourth-order valence-electron chi connectivity index (χ4n) is 2.67. The Bertz CT molecular complexity index is 843. The highest BCUT2D eigenvalue weighted by Gasteiger charge is 2.10. The normalized spacial score (nSPS) is 17.3. The van der Waals surface area contributed by atoms with E-state index in [9.17, 15) is 0 Å². The molecule has 1 heterocycles. The van der Waals surface area contributed by atoms with Crippen LogP contribution >= 0.6 is 0 Å². The third-order valence-corrected chi connectivity index (χ3v) is 4.14. The van der Waals surface area contributed by atoms with Crippen molar-refractivity contribution in [3.63, 3.8) is 0 Å². The molecule has 1 aromatic heterocycles. The molecule has 1 aliphatic rings. The summed E-state index contributed by atoms with van der Waals surface area (Å²) in [6.07, 6.45) is 17.8. The Kier molecular flexibility index (Phi) is 10.7. The van der Waals surface area contributed by atoms with Gasteiger partial charge in [-0.05, 0) is 24.6 Å². The predicted molar refractivity (Wildman–Crippen MR) is 114 cm³/mol. The van der Waals surface area contributed by atoms with Gasteiger partial charge in [0, 0.05) is 25.0 Å². The average Bonchev–Trinajstić information content (AvgIpc) is 2.75. The van der Waals surface area contributed by atoms with Crippen LogP contribution in [0.25, 0.3) is 12.2 Å². The largest absolute Gasteiger partial charge is 0.382 e. The molecular formula is C22H29N3O4. The van der Waals surface area contributed by atoms with Crippen LogP contribution in [0.5, 0.6) is 0 Å². The molecule has 1 atom stereocenters. The van der Waals surface area contributed by atoms with Crippen molar-refractivity contribution in [2.75, 3.05) is 59.2 Å². The minimum atomic E-state index is 0.0633. The second-order valence-electron chi connectivity index (χ2n) is 6.22. The summed E-state index contributed by atoms with van der Waals surface area (Å²) in [5.41, 5.74) is 0.856. The van der Waals surface area contributed by atoms with E-state index in [0.717, 1.165) is 28.4 Å². The predicted octanol–water partition coefficient (Wildman–Crippen LogP) is 0.664. The Morgan fingerprint density at radius 2 is 1.83 bits per heavy atom. The number of nitrogens with zero attached hydrogens (tertiary/aromatic N) is 2. The highest BCUT2D eigenvalue weighted by molar-refractivity contribution is 5.48. The smallest absolute Gasteiger partial charge is 0.137 e. The van der Waals surface area contributed by atoms with Crippen molar-refractivity contribution in [1.82, 2.24) is 9.97 Å². The summed E-state index contributed by atoms with van der Waals surface area (Å²) < 4.78 is 21.1. The highest BCUT2D eigenvalue weighted by atomic mass is 16.5. The number of allylic oxidation sites excluding steroid dienone is 2. The molecule has 0 amide bonds. The fourth-order valence-corrected chi connectivity index (χ4v) is 2.67. The molecule has 0 saturated heterocycles. The van der Waals surface area contributed by atoms with E-state index >= 15 is 0 Å². The number of nitrogens with one attached hydrogen (secondary N) is 1. The molecule has 0 radical (unpaired) electrons. The SMILES string of the molecule is C#CC1=CC(Nc2ncnc(=C/COCCOC)/c2=C\COCCOC)CC=C1. The van der Waals surface area contributed by atoms with E-state index in [1.165, 1.54) is 6.33 Å². The standard InChI is InChI=1S/C22H29N3O4/c1-4-18-6-5-7-19(16-18)25-22-20(8-10-28-14-12-26-2)21(23-17-24-22)9-11-29-15-13-27-3/h1,5-6,8-9,16-17,19H,7,10-15H2,2-3H3,(H,23,24,25)/b20-8+,21-9+. The summed E-state index contributed by atoms with van der Waals surface area (Å²) in [6.45, 7) is 2.99. The first-order chi connectivity index (χ1) is 14.3. The topological polar surface area (TPSA) is 74.7 Å². The molecule has 1 N–H and O–H groups in total. The van der Waals surface area contributed by atoms with Gasteiger partial charge in [-0.2, -0.15) is 0 Å². The van der Waals surface area contributed by atoms with Crippen molar-refractivity contribution in [2.45, 2.75) is 12.5 Å². The second-order valence-corrected chi connectivity index (χ2v) is 6.22. The maximum atomic E-state index is 5.59. The van der Waals surface area contributed by atoms with E-state index in [1.54, 1.807) is 14.2 Å². The number of terminal acetylenes is 1. The van der Waals surface area contributed by atoms with E-state index in [2.05, 4.69) is 27.3 Å². The number of methoxy groups -OCH3 is 2. The first-order valence-corrected chi connectivity index (χ1v) is 9.54.